The maximum Gasteiger partial charge on any atom is 0.414 e. The third-order valence-electron chi connectivity index (χ3n) is 3.99. The number of amides is 2. The van der Waals surface area contributed by atoms with Crippen LogP contribution in [0.5, 0.6) is 5.75 Å². The van der Waals surface area contributed by atoms with Crippen LogP contribution in [0.1, 0.15) is 11.1 Å². The fourth-order valence-corrected chi connectivity index (χ4v) is 2.78. The minimum atomic E-state index is -0.409. The molecule has 0 spiro atoms. The number of rotatable bonds is 5. The molecular formula is C19H20N2O4. The molecule has 0 unspecified atom stereocenters. The summed E-state index contributed by atoms with van der Waals surface area (Å²) in [5.41, 5.74) is 3.13. The van der Waals surface area contributed by atoms with Gasteiger partial charge in [-0.15, -0.1) is 0 Å². The quantitative estimate of drug-likeness (QED) is 0.907. The third-order valence-corrected chi connectivity index (χ3v) is 3.99. The Kier molecular flexibility index (Phi) is 4.88. The van der Waals surface area contributed by atoms with E-state index in [-0.39, 0.29) is 12.5 Å². The Morgan fingerprint density at radius 1 is 1.16 bits per heavy atom. The predicted molar refractivity (Wildman–Crippen MR) is 95.2 cm³/mol. The van der Waals surface area contributed by atoms with Crippen molar-refractivity contribution < 1.29 is 19.1 Å². The van der Waals surface area contributed by atoms with Crippen molar-refractivity contribution in [1.29, 1.82) is 0 Å². The molecule has 0 radical (unpaired) electrons. The van der Waals surface area contributed by atoms with Gasteiger partial charge >= 0.3 is 6.09 Å². The first-order chi connectivity index (χ1) is 12.1. The molecule has 1 saturated heterocycles. The van der Waals surface area contributed by atoms with Crippen molar-refractivity contribution in [2.45, 2.75) is 13.8 Å². The summed E-state index contributed by atoms with van der Waals surface area (Å²) in [7, 11) is 0. The van der Waals surface area contributed by atoms with Gasteiger partial charge in [-0.3, -0.25) is 9.69 Å². The van der Waals surface area contributed by atoms with Gasteiger partial charge in [0, 0.05) is 0 Å². The number of nitrogens with one attached hydrogen (secondary N) is 1. The number of aryl methyl sites for hydroxylation is 2. The Hall–Kier alpha value is -3.02. The SMILES string of the molecule is Cc1cccc(C)c1OCC(=O)Nc1ccccc1N1CCOC1=O. The third kappa shape index (κ3) is 3.74. The zero-order chi connectivity index (χ0) is 17.8. The van der Waals surface area contributed by atoms with E-state index in [4.69, 9.17) is 9.47 Å². The van der Waals surface area contributed by atoms with Crippen LogP contribution in [0.4, 0.5) is 16.2 Å². The van der Waals surface area contributed by atoms with Crippen molar-refractivity contribution in [2.24, 2.45) is 0 Å². The van der Waals surface area contributed by atoms with Crippen LogP contribution in [0.25, 0.3) is 0 Å². The zero-order valence-corrected chi connectivity index (χ0v) is 14.2. The summed E-state index contributed by atoms with van der Waals surface area (Å²) in [4.78, 5) is 25.6. The first-order valence-electron chi connectivity index (χ1n) is 8.08. The van der Waals surface area contributed by atoms with E-state index in [0.29, 0.717) is 30.3 Å². The number of hydrogen-bond acceptors (Lipinski definition) is 4. The van der Waals surface area contributed by atoms with Crippen molar-refractivity contribution in [3.8, 4) is 5.75 Å². The molecular weight excluding hydrogens is 320 g/mol. The molecule has 1 heterocycles. The average Bonchev–Trinajstić information content (AvgIpc) is 3.01. The molecule has 0 atom stereocenters. The minimum absolute atomic E-state index is 0.107. The van der Waals surface area contributed by atoms with E-state index < -0.39 is 6.09 Å². The molecule has 6 heteroatoms. The van der Waals surface area contributed by atoms with Crippen molar-refractivity contribution in [3.63, 3.8) is 0 Å². The lowest BCUT2D eigenvalue weighted by Gasteiger charge is -2.18. The van der Waals surface area contributed by atoms with E-state index in [1.165, 1.54) is 4.90 Å². The maximum atomic E-state index is 12.3. The highest BCUT2D eigenvalue weighted by Gasteiger charge is 2.25. The van der Waals surface area contributed by atoms with Crippen molar-refractivity contribution >= 4 is 23.4 Å². The summed E-state index contributed by atoms with van der Waals surface area (Å²) in [5, 5.41) is 2.80. The molecule has 2 aromatic rings. The number of carbonyl (C=O) groups is 2. The Morgan fingerprint density at radius 3 is 2.56 bits per heavy atom. The van der Waals surface area contributed by atoms with Gasteiger partial charge in [-0.05, 0) is 37.1 Å². The molecule has 1 aliphatic rings. The lowest BCUT2D eigenvalue weighted by Crippen LogP contribution is -2.26. The number of carbonyl (C=O) groups excluding carboxylic acids is 2. The minimum Gasteiger partial charge on any atom is -0.483 e. The van der Waals surface area contributed by atoms with E-state index in [2.05, 4.69) is 5.32 Å². The first kappa shape index (κ1) is 16.8. The van der Waals surface area contributed by atoms with Crippen molar-refractivity contribution in [2.75, 3.05) is 30.0 Å². The Labute approximate surface area is 146 Å². The molecule has 1 N–H and O–H groups in total. The number of cyclic esters (lactones) is 1. The summed E-state index contributed by atoms with van der Waals surface area (Å²) in [6, 6.07) is 13.0. The average molecular weight is 340 g/mol. The Morgan fingerprint density at radius 2 is 1.88 bits per heavy atom. The number of benzene rings is 2. The normalized spacial score (nSPS) is 13.5. The lowest BCUT2D eigenvalue weighted by molar-refractivity contribution is -0.118. The molecule has 0 aliphatic carbocycles. The summed E-state index contributed by atoms with van der Waals surface area (Å²) >= 11 is 0. The Balaban J connectivity index is 1.68. The van der Waals surface area contributed by atoms with E-state index >= 15 is 0 Å². The van der Waals surface area contributed by atoms with Gasteiger partial charge in [0.2, 0.25) is 0 Å². The molecule has 0 aromatic heterocycles. The summed E-state index contributed by atoms with van der Waals surface area (Å²) < 4.78 is 10.6. The van der Waals surface area contributed by atoms with E-state index in [0.717, 1.165) is 11.1 Å². The van der Waals surface area contributed by atoms with Crippen molar-refractivity contribution in [1.82, 2.24) is 0 Å². The second kappa shape index (κ2) is 7.25. The Bertz CT molecular complexity index is 784. The van der Waals surface area contributed by atoms with Crippen LogP contribution in [0, 0.1) is 13.8 Å². The van der Waals surface area contributed by atoms with Crippen LogP contribution in [-0.4, -0.2) is 31.8 Å². The second-order valence-electron chi connectivity index (χ2n) is 5.84. The van der Waals surface area contributed by atoms with Crippen LogP contribution >= 0.6 is 0 Å². The van der Waals surface area contributed by atoms with E-state index in [9.17, 15) is 9.59 Å². The molecule has 25 heavy (non-hydrogen) atoms. The lowest BCUT2D eigenvalue weighted by atomic mass is 10.1. The fraction of sp³-hybridized carbons (Fsp3) is 0.263. The predicted octanol–water partition coefficient (Wildman–Crippen LogP) is 3.28. The van der Waals surface area contributed by atoms with Gasteiger partial charge in [0.1, 0.15) is 12.4 Å². The zero-order valence-electron chi connectivity index (χ0n) is 14.2. The van der Waals surface area contributed by atoms with Gasteiger partial charge in [0.05, 0.1) is 17.9 Å². The van der Waals surface area contributed by atoms with Crippen LogP contribution in [0.15, 0.2) is 42.5 Å². The summed E-state index contributed by atoms with van der Waals surface area (Å²) in [5.74, 6) is 0.428. The maximum absolute atomic E-state index is 12.3. The highest BCUT2D eigenvalue weighted by molar-refractivity contribution is 6.00. The van der Waals surface area contributed by atoms with Crippen LogP contribution < -0.4 is 15.0 Å². The monoisotopic (exact) mass is 340 g/mol. The van der Waals surface area contributed by atoms with Gasteiger partial charge < -0.3 is 14.8 Å². The van der Waals surface area contributed by atoms with E-state index in [1.54, 1.807) is 18.2 Å². The van der Waals surface area contributed by atoms with Gasteiger partial charge in [-0.25, -0.2) is 4.79 Å². The standard InChI is InChI=1S/C19H20N2O4/c1-13-6-5-7-14(2)18(13)25-12-17(22)20-15-8-3-4-9-16(15)21-10-11-24-19(21)23/h3-9H,10-12H2,1-2H3,(H,20,22). The highest BCUT2D eigenvalue weighted by Crippen LogP contribution is 2.28. The molecule has 2 amide bonds. The molecule has 3 rings (SSSR count). The molecule has 6 nitrogen and oxygen atoms in total. The molecule has 2 aromatic carbocycles. The molecule has 0 bridgehead atoms. The topological polar surface area (TPSA) is 67.9 Å². The molecule has 1 aliphatic heterocycles. The second-order valence-corrected chi connectivity index (χ2v) is 5.84. The molecule has 130 valence electrons. The van der Waals surface area contributed by atoms with Crippen LogP contribution in [-0.2, 0) is 9.53 Å². The van der Waals surface area contributed by atoms with Crippen LogP contribution in [0.2, 0.25) is 0 Å². The number of hydrogen-bond donors (Lipinski definition) is 1. The van der Waals surface area contributed by atoms with Crippen molar-refractivity contribution in [3.05, 3.63) is 53.6 Å². The smallest absolute Gasteiger partial charge is 0.414 e. The molecule has 1 fully saturated rings. The van der Waals surface area contributed by atoms with Gasteiger partial charge in [0.15, 0.2) is 6.61 Å². The first-order valence-corrected chi connectivity index (χ1v) is 8.08. The van der Waals surface area contributed by atoms with Gasteiger partial charge in [-0.2, -0.15) is 0 Å². The number of anilines is 2. The van der Waals surface area contributed by atoms with E-state index in [1.807, 2.05) is 38.1 Å². The summed E-state index contributed by atoms with van der Waals surface area (Å²) in [6.07, 6.45) is -0.409. The largest absolute Gasteiger partial charge is 0.483 e. The summed E-state index contributed by atoms with van der Waals surface area (Å²) in [6.45, 7) is 4.58. The number of para-hydroxylation sites is 3. The number of nitrogens with zero attached hydrogens (tertiary/aromatic N) is 1. The molecule has 0 saturated carbocycles. The highest BCUT2D eigenvalue weighted by atomic mass is 16.6. The van der Waals surface area contributed by atoms with Gasteiger partial charge in [-0.1, -0.05) is 30.3 Å². The number of ether oxygens (including phenoxy) is 2. The fourth-order valence-electron chi connectivity index (χ4n) is 2.78. The van der Waals surface area contributed by atoms with Crippen LogP contribution in [0.3, 0.4) is 0 Å². The van der Waals surface area contributed by atoms with Gasteiger partial charge in [0.25, 0.3) is 5.91 Å².